The highest BCUT2D eigenvalue weighted by molar-refractivity contribution is 5.96. The Morgan fingerprint density at radius 2 is 1.84 bits per heavy atom. The number of carbonyl (C=O) groups is 3. The molecule has 2 heterocycles. The molecule has 38 heavy (non-hydrogen) atoms. The largest absolute Gasteiger partial charge is 0.497 e. The molecule has 0 saturated carbocycles. The molecule has 1 aromatic carbocycles. The lowest BCUT2D eigenvalue weighted by Crippen LogP contribution is -2.30. The first-order valence-electron chi connectivity index (χ1n) is 12.8. The van der Waals surface area contributed by atoms with Crippen molar-refractivity contribution >= 4 is 35.0 Å². The first-order valence-corrected chi connectivity index (χ1v) is 12.8. The molecule has 2 aromatic rings. The van der Waals surface area contributed by atoms with Gasteiger partial charge in [0.25, 0.3) is 5.91 Å². The number of benzene rings is 1. The Bertz CT molecular complexity index is 1140. The minimum atomic E-state index is -0.683. The Morgan fingerprint density at radius 3 is 2.50 bits per heavy atom. The summed E-state index contributed by atoms with van der Waals surface area (Å²) in [6, 6.07) is 5.74. The maximum Gasteiger partial charge on any atom is 0.271 e. The van der Waals surface area contributed by atoms with E-state index in [1.807, 2.05) is 19.1 Å². The summed E-state index contributed by atoms with van der Waals surface area (Å²) >= 11 is 0. The summed E-state index contributed by atoms with van der Waals surface area (Å²) in [6.07, 6.45) is 3.04. The van der Waals surface area contributed by atoms with Gasteiger partial charge in [-0.3, -0.25) is 14.4 Å². The number of methoxy groups -OCH3 is 1. The number of aryl methyl sites for hydroxylation is 1. The van der Waals surface area contributed by atoms with Crippen LogP contribution in [-0.4, -0.2) is 67.1 Å². The number of hydrogen-bond acceptors (Lipinski definition) is 9. The number of nitrogens with two attached hydrogens (primary N) is 1. The van der Waals surface area contributed by atoms with Crippen LogP contribution in [0.15, 0.2) is 18.2 Å². The van der Waals surface area contributed by atoms with Crippen molar-refractivity contribution < 1.29 is 23.9 Å². The number of amides is 3. The summed E-state index contributed by atoms with van der Waals surface area (Å²) in [6.45, 7) is 5.41. The predicted octanol–water partition coefficient (Wildman–Crippen LogP) is 1.67. The Kier molecular flexibility index (Phi) is 10.6. The number of ether oxygens (including phenoxy) is 2. The number of rotatable bonds is 13. The fourth-order valence-corrected chi connectivity index (χ4v) is 4.04. The fourth-order valence-electron chi connectivity index (χ4n) is 4.04. The molecule has 12 nitrogen and oxygen atoms in total. The lowest BCUT2D eigenvalue weighted by Gasteiger charge is -2.25. The molecule has 6 N–H and O–H groups in total. The molecule has 0 aliphatic carbocycles. The van der Waals surface area contributed by atoms with E-state index in [9.17, 15) is 14.4 Å². The van der Waals surface area contributed by atoms with Crippen LogP contribution < -0.4 is 31.7 Å². The summed E-state index contributed by atoms with van der Waals surface area (Å²) in [5.41, 5.74) is 7.90. The highest BCUT2D eigenvalue weighted by atomic mass is 16.5. The van der Waals surface area contributed by atoms with Gasteiger partial charge in [-0.05, 0) is 43.4 Å². The lowest BCUT2D eigenvalue weighted by molar-refractivity contribution is -0.121. The molecular weight excluding hydrogens is 490 g/mol. The van der Waals surface area contributed by atoms with E-state index in [1.165, 1.54) is 6.92 Å². The number of aromatic nitrogens is 2. The Hall–Kier alpha value is -3.93. The van der Waals surface area contributed by atoms with E-state index in [-0.39, 0.29) is 35.8 Å². The number of nitrogens with one attached hydrogen (secondary N) is 4. The zero-order valence-electron chi connectivity index (χ0n) is 22.2. The summed E-state index contributed by atoms with van der Waals surface area (Å²) < 4.78 is 10.9. The summed E-state index contributed by atoms with van der Waals surface area (Å²) in [5.74, 6) is 0.446. The van der Waals surface area contributed by atoms with Crippen LogP contribution in [0.3, 0.4) is 0 Å². The summed E-state index contributed by atoms with van der Waals surface area (Å²) in [5, 5.41) is 12.1. The Morgan fingerprint density at radius 1 is 1.08 bits per heavy atom. The summed E-state index contributed by atoms with van der Waals surface area (Å²) in [4.78, 5) is 44.4. The van der Waals surface area contributed by atoms with Crippen LogP contribution in [-0.2, 0) is 27.2 Å². The summed E-state index contributed by atoms with van der Waals surface area (Å²) in [7, 11) is 1.56. The van der Waals surface area contributed by atoms with Gasteiger partial charge in [0.05, 0.1) is 12.8 Å². The average Bonchev–Trinajstić information content (AvgIpc) is 2.89. The highest BCUT2D eigenvalue weighted by Gasteiger charge is 2.21. The third-order valence-corrected chi connectivity index (χ3v) is 6.03. The molecule has 1 aliphatic heterocycles. The first kappa shape index (κ1) is 28.6. The average molecular weight is 528 g/mol. The van der Waals surface area contributed by atoms with E-state index in [1.54, 1.807) is 13.2 Å². The second-order valence-corrected chi connectivity index (χ2v) is 8.99. The number of anilines is 3. The van der Waals surface area contributed by atoms with Crippen molar-refractivity contribution in [3.05, 3.63) is 35.2 Å². The molecule has 0 bridgehead atoms. The Labute approximate surface area is 222 Å². The second kappa shape index (κ2) is 14.1. The van der Waals surface area contributed by atoms with E-state index < -0.39 is 5.91 Å². The van der Waals surface area contributed by atoms with Crippen molar-refractivity contribution in [1.29, 1.82) is 0 Å². The molecule has 0 spiro atoms. The van der Waals surface area contributed by atoms with Crippen molar-refractivity contribution in [2.75, 3.05) is 44.0 Å². The van der Waals surface area contributed by atoms with E-state index in [4.69, 9.17) is 20.2 Å². The third-order valence-electron chi connectivity index (χ3n) is 6.03. The molecule has 3 rings (SSSR count). The number of hydrogen-bond donors (Lipinski definition) is 5. The van der Waals surface area contributed by atoms with Crippen molar-refractivity contribution in [1.82, 2.24) is 20.6 Å². The van der Waals surface area contributed by atoms with Gasteiger partial charge in [0.2, 0.25) is 11.8 Å². The van der Waals surface area contributed by atoms with Crippen molar-refractivity contribution in [2.24, 2.45) is 5.73 Å². The van der Waals surface area contributed by atoms with E-state index in [2.05, 4.69) is 26.3 Å². The molecule has 1 fully saturated rings. The van der Waals surface area contributed by atoms with Gasteiger partial charge in [-0.2, -0.15) is 0 Å². The topological polar surface area (TPSA) is 170 Å². The molecule has 3 amide bonds. The number of primary amides is 1. The molecule has 1 aliphatic rings. The van der Waals surface area contributed by atoms with Crippen LogP contribution >= 0.6 is 0 Å². The molecule has 0 atom stereocenters. The minimum absolute atomic E-state index is 0.0511. The van der Waals surface area contributed by atoms with Gasteiger partial charge in [-0.15, -0.1) is 0 Å². The normalized spacial score (nSPS) is 13.4. The maximum atomic E-state index is 12.2. The SMILES string of the molecule is CCc1nc(C(N)=O)c(Nc2cc(CCNC(=O)CCNC(C)=O)cc(OC)c2)nc1NC1CCOCC1. The van der Waals surface area contributed by atoms with Crippen LogP contribution in [0, 0.1) is 0 Å². The minimum Gasteiger partial charge on any atom is -0.497 e. The molecule has 206 valence electrons. The van der Waals surface area contributed by atoms with Gasteiger partial charge in [-0.1, -0.05) is 6.92 Å². The van der Waals surface area contributed by atoms with Crippen molar-refractivity contribution in [3.8, 4) is 5.75 Å². The maximum absolute atomic E-state index is 12.2. The molecule has 12 heteroatoms. The predicted molar refractivity (Wildman–Crippen MR) is 144 cm³/mol. The third kappa shape index (κ3) is 8.58. The second-order valence-electron chi connectivity index (χ2n) is 8.99. The Balaban J connectivity index is 1.76. The van der Waals surface area contributed by atoms with Crippen LogP contribution in [0.1, 0.15) is 54.9 Å². The van der Waals surface area contributed by atoms with E-state index >= 15 is 0 Å². The molecule has 1 aromatic heterocycles. The number of nitrogens with zero attached hydrogens (tertiary/aromatic N) is 2. The standard InChI is InChI=1S/C26H37N7O5/c1-4-21-25(30-18-7-11-38-12-8-18)33-26(23(32-21)24(27)36)31-19-13-17(14-20(15-19)37-3)5-9-29-22(35)6-10-28-16(2)34/h13-15,18H,4-12H2,1-3H3,(H2,27,36)(H,28,34)(H,29,35)(H2,30,31,33). The number of carbonyl (C=O) groups excluding carboxylic acids is 3. The van der Waals surface area contributed by atoms with Gasteiger partial charge in [0.15, 0.2) is 17.3 Å². The molecule has 0 radical (unpaired) electrons. The van der Waals surface area contributed by atoms with Crippen LogP contribution in [0.2, 0.25) is 0 Å². The first-order chi connectivity index (χ1) is 18.3. The highest BCUT2D eigenvalue weighted by Crippen LogP contribution is 2.27. The van der Waals surface area contributed by atoms with Crippen molar-refractivity contribution in [3.63, 3.8) is 0 Å². The quantitative estimate of drug-likeness (QED) is 0.260. The molecule has 0 unspecified atom stereocenters. The monoisotopic (exact) mass is 527 g/mol. The van der Waals surface area contributed by atoms with E-state index in [0.29, 0.717) is 62.1 Å². The zero-order valence-corrected chi connectivity index (χ0v) is 22.2. The molecular formula is C26H37N7O5. The van der Waals surface area contributed by atoms with Gasteiger partial charge in [0, 0.05) is 57.4 Å². The van der Waals surface area contributed by atoms with Crippen LogP contribution in [0.25, 0.3) is 0 Å². The van der Waals surface area contributed by atoms with Gasteiger partial charge < -0.3 is 36.5 Å². The fraction of sp³-hybridized carbons (Fsp3) is 0.500. The van der Waals surface area contributed by atoms with Gasteiger partial charge in [0.1, 0.15) is 5.75 Å². The lowest BCUT2D eigenvalue weighted by atomic mass is 10.1. The molecule has 1 saturated heterocycles. The zero-order chi connectivity index (χ0) is 27.5. The van der Waals surface area contributed by atoms with Crippen LogP contribution in [0.5, 0.6) is 5.75 Å². The van der Waals surface area contributed by atoms with Gasteiger partial charge >= 0.3 is 0 Å². The smallest absolute Gasteiger partial charge is 0.271 e. The van der Waals surface area contributed by atoms with Crippen molar-refractivity contribution in [2.45, 2.75) is 52.0 Å². The van der Waals surface area contributed by atoms with Crippen LogP contribution in [0.4, 0.5) is 17.3 Å². The van der Waals surface area contributed by atoms with E-state index in [0.717, 1.165) is 18.4 Å². The van der Waals surface area contributed by atoms with Gasteiger partial charge in [-0.25, -0.2) is 9.97 Å².